The SMILES string of the molecule is Cc1cc(C(=O)O)ncc1OC(c1ccccc1)c1ccccc1. The Kier molecular flexibility index (Phi) is 4.57. The molecule has 4 heteroatoms. The highest BCUT2D eigenvalue weighted by Crippen LogP contribution is 2.30. The van der Waals surface area contributed by atoms with E-state index in [1.54, 1.807) is 0 Å². The van der Waals surface area contributed by atoms with Crippen molar-refractivity contribution in [3.8, 4) is 5.75 Å². The number of ether oxygens (including phenoxy) is 1. The average molecular weight is 319 g/mol. The van der Waals surface area contributed by atoms with Gasteiger partial charge < -0.3 is 9.84 Å². The van der Waals surface area contributed by atoms with E-state index in [0.29, 0.717) is 5.75 Å². The lowest BCUT2D eigenvalue weighted by Gasteiger charge is -2.21. The molecule has 0 aliphatic rings. The minimum atomic E-state index is -1.05. The van der Waals surface area contributed by atoms with Crippen LogP contribution in [0.5, 0.6) is 5.75 Å². The monoisotopic (exact) mass is 319 g/mol. The summed E-state index contributed by atoms with van der Waals surface area (Å²) in [5, 5.41) is 9.03. The van der Waals surface area contributed by atoms with Crippen LogP contribution in [0.1, 0.15) is 33.3 Å². The van der Waals surface area contributed by atoms with Gasteiger partial charge in [-0.15, -0.1) is 0 Å². The molecular formula is C20H17NO3. The lowest BCUT2D eigenvalue weighted by molar-refractivity contribution is 0.0690. The third-order valence-corrected chi connectivity index (χ3v) is 3.73. The number of aromatic carboxylic acids is 1. The fraction of sp³-hybridized carbons (Fsp3) is 0.100. The van der Waals surface area contributed by atoms with Gasteiger partial charge in [0.2, 0.25) is 0 Å². The van der Waals surface area contributed by atoms with E-state index >= 15 is 0 Å². The highest BCUT2D eigenvalue weighted by atomic mass is 16.5. The molecule has 2 aromatic carbocycles. The third-order valence-electron chi connectivity index (χ3n) is 3.73. The number of benzene rings is 2. The Morgan fingerprint density at radius 3 is 2.00 bits per heavy atom. The van der Waals surface area contributed by atoms with Crippen molar-refractivity contribution in [3.05, 3.63) is 95.3 Å². The van der Waals surface area contributed by atoms with Crippen molar-refractivity contribution < 1.29 is 14.6 Å². The second-order valence-electron chi connectivity index (χ2n) is 5.46. The number of rotatable bonds is 5. The van der Waals surface area contributed by atoms with Crippen molar-refractivity contribution in [1.29, 1.82) is 0 Å². The molecule has 120 valence electrons. The number of carboxylic acid groups (broad SMARTS) is 1. The van der Waals surface area contributed by atoms with E-state index in [-0.39, 0.29) is 11.8 Å². The lowest BCUT2D eigenvalue weighted by atomic mass is 10.0. The molecule has 0 amide bonds. The summed E-state index contributed by atoms with van der Waals surface area (Å²) in [7, 11) is 0. The van der Waals surface area contributed by atoms with Gasteiger partial charge in [0, 0.05) is 0 Å². The summed E-state index contributed by atoms with van der Waals surface area (Å²) < 4.78 is 6.20. The van der Waals surface area contributed by atoms with Gasteiger partial charge in [0.15, 0.2) is 0 Å². The summed E-state index contributed by atoms with van der Waals surface area (Å²) in [6.07, 6.45) is 1.18. The average Bonchev–Trinajstić information content (AvgIpc) is 2.62. The zero-order valence-corrected chi connectivity index (χ0v) is 13.2. The first-order chi connectivity index (χ1) is 11.6. The summed E-state index contributed by atoms with van der Waals surface area (Å²) in [6, 6.07) is 21.3. The van der Waals surface area contributed by atoms with Crippen molar-refractivity contribution in [2.24, 2.45) is 0 Å². The Morgan fingerprint density at radius 2 is 1.54 bits per heavy atom. The Labute approximate surface area is 140 Å². The normalized spacial score (nSPS) is 10.6. The topological polar surface area (TPSA) is 59.4 Å². The Balaban J connectivity index is 1.97. The van der Waals surface area contributed by atoms with Crippen molar-refractivity contribution in [2.75, 3.05) is 0 Å². The number of pyridine rings is 1. The quantitative estimate of drug-likeness (QED) is 0.763. The smallest absolute Gasteiger partial charge is 0.354 e. The van der Waals surface area contributed by atoms with Gasteiger partial charge in [0.1, 0.15) is 17.5 Å². The Morgan fingerprint density at radius 1 is 1.00 bits per heavy atom. The number of carbonyl (C=O) groups is 1. The summed E-state index contributed by atoms with van der Waals surface area (Å²) in [5.74, 6) is -0.481. The molecule has 0 saturated heterocycles. The minimum absolute atomic E-state index is 0.0100. The number of hydrogen-bond acceptors (Lipinski definition) is 3. The molecule has 0 atom stereocenters. The number of nitrogens with zero attached hydrogens (tertiary/aromatic N) is 1. The number of aryl methyl sites for hydroxylation is 1. The molecular weight excluding hydrogens is 302 g/mol. The molecule has 0 aliphatic heterocycles. The standard InChI is InChI=1S/C20H17NO3/c1-14-12-17(20(22)23)21-13-18(14)24-19(15-8-4-2-5-9-15)16-10-6-3-7-11-16/h2-13,19H,1H3,(H,22,23). The number of hydrogen-bond donors (Lipinski definition) is 1. The summed E-state index contributed by atoms with van der Waals surface area (Å²) in [4.78, 5) is 15.0. The molecule has 1 heterocycles. The minimum Gasteiger partial charge on any atom is -0.479 e. The van der Waals surface area contributed by atoms with Crippen LogP contribution >= 0.6 is 0 Å². The third kappa shape index (κ3) is 3.43. The Bertz CT molecular complexity index is 793. The molecule has 1 aromatic heterocycles. The highest BCUT2D eigenvalue weighted by Gasteiger charge is 2.17. The first-order valence-corrected chi connectivity index (χ1v) is 7.61. The first kappa shape index (κ1) is 15.7. The maximum absolute atomic E-state index is 11.0. The van der Waals surface area contributed by atoms with Crippen LogP contribution < -0.4 is 4.74 Å². The maximum atomic E-state index is 11.0. The van der Waals surface area contributed by atoms with Gasteiger partial charge in [-0.1, -0.05) is 60.7 Å². The van der Waals surface area contributed by atoms with Crippen LogP contribution in [0.4, 0.5) is 0 Å². The fourth-order valence-corrected chi connectivity index (χ4v) is 2.49. The number of carboxylic acids is 1. The van der Waals surface area contributed by atoms with E-state index in [1.165, 1.54) is 12.3 Å². The highest BCUT2D eigenvalue weighted by molar-refractivity contribution is 5.85. The van der Waals surface area contributed by atoms with E-state index < -0.39 is 5.97 Å². The first-order valence-electron chi connectivity index (χ1n) is 7.61. The van der Waals surface area contributed by atoms with E-state index in [0.717, 1.165) is 16.7 Å². The van der Waals surface area contributed by atoms with E-state index in [1.807, 2.05) is 67.6 Å². The van der Waals surface area contributed by atoms with Crippen LogP contribution in [0.25, 0.3) is 0 Å². The molecule has 1 N–H and O–H groups in total. The molecule has 0 unspecified atom stereocenters. The predicted molar refractivity (Wildman–Crippen MR) is 91.3 cm³/mol. The van der Waals surface area contributed by atoms with Gasteiger partial charge in [-0.3, -0.25) is 0 Å². The van der Waals surface area contributed by atoms with Gasteiger partial charge in [0.05, 0.1) is 6.20 Å². The predicted octanol–water partition coefficient (Wildman–Crippen LogP) is 4.26. The van der Waals surface area contributed by atoms with Crippen LogP contribution in [-0.2, 0) is 0 Å². The van der Waals surface area contributed by atoms with Crippen molar-refractivity contribution >= 4 is 5.97 Å². The van der Waals surface area contributed by atoms with Crippen molar-refractivity contribution in [2.45, 2.75) is 13.0 Å². The van der Waals surface area contributed by atoms with Crippen LogP contribution in [0.15, 0.2) is 72.9 Å². The van der Waals surface area contributed by atoms with E-state index in [9.17, 15) is 4.79 Å². The van der Waals surface area contributed by atoms with Crippen molar-refractivity contribution in [3.63, 3.8) is 0 Å². The van der Waals surface area contributed by atoms with Gasteiger partial charge in [-0.05, 0) is 29.7 Å². The molecule has 0 spiro atoms. The zero-order valence-electron chi connectivity index (χ0n) is 13.2. The molecule has 3 aromatic rings. The Hall–Kier alpha value is -3.14. The molecule has 0 fully saturated rings. The van der Waals surface area contributed by atoms with E-state index in [4.69, 9.17) is 9.84 Å². The summed E-state index contributed by atoms with van der Waals surface area (Å²) in [6.45, 7) is 1.82. The van der Waals surface area contributed by atoms with Crippen LogP contribution in [0.2, 0.25) is 0 Å². The zero-order chi connectivity index (χ0) is 16.9. The second-order valence-corrected chi connectivity index (χ2v) is 5.46. The molecule has 0 radical (unpaired) electrons. The molecule has 24 heavy (non-hydrogen) atoms. The van der Waals surface area contributed by atoms with Gasteiger partial charge in [-0.25, -0.2) is 9.78 Å². The molecule has 0 bridgehead atoms. The number of aromatic nitrogens is 1. The van der Waals surface area contributed by atoms with Crippen LogP contribution in [0.3, 0.4) is 0 Å². The van der Waals surface area contributed by atoms with Crippen LogP contribution in [0, 0.1) is 6.92 Å². The van der Waals surface area contributed by atoms with Gasteiger partial charge in [0.25, 0.3) is 0 Å². The largest absolute Gasteiger partial charge is 0.479 e. The fourth-order valence-electron chi connectivity index (χ4n) is 2.49. The van der Waals surface area contributed by atoms with Gasteiger partial charge in [-0.2, -0.15) is 0 Å². The van der Waals surface area contributed by atoms with Crippen LogP contribution in [-0.4, -0.2) is 16.1 Å². The summed E-state index contributed by atoms with van der Waals surface area (Å²) >= 11 is 0. The molecule has 4 nitrogen and oxygen atoms in total. The maximum Gasteiger partial charge on any atom is 0.354 e. The van der Waals surface area contributed by atoms with E-state index in [2.05, 4.69) is 4.98 Å². The molecule has 0 saturated carbocycles. The molecule has 3 rings (SSSR count). The second kappa shape index (κ2) is 6.96. The summed E-state index contributed by atoms with van der Waals surface area (Å²) in [5.41, 5.74) is 2.78. The molecule has 0 aliphatic carbocycles. The van der Waals surface area contributed by atoms with Gasteiger partial charge >= 0.3 is 5.97 Å². The van der Waals surface area contributed by atoms with Crippen molar-refractivity contribution in [1.82, 2.24) is 4.98 Å². The lowest BCUT2D eigenvalue weighted by Crippen LogP contribution is -2.11.